The predicted octanol–water partition coefficient (Wildman–Crippen LogP) is 9.28. The van der Waals surface area contributed by atoms with Crippen molar-refractivity contribution >= 4 is 41.8 Å². The molecule has 0 aliphatic carbocycles. The number of ether oxygens (including phenoxy) is 7. The largest absolute Gasteiger partial charge is 0.465 e. The van der Waals surface area contributed by atoms with Gasteiger partial charge in [0.15, 0.2) is 0 Å². The van der Waals surface area contributed by atoms with Crippen LogP contribution in [0.15, 0.2) is 0 Å². The molecule has 0 aromatic carbocycles. The van der Waals surface area contributed by atoms with Crippen LogP contribution in [0.3, 0.4) is 0 Å². The van der Waals surface area contributed by atoms with E-state index in [1.54, 1.807) is 0 Å². The van der Waals surface area contributed by atoms with Crippen LogP contribution < -0.4 is 0 Å². The highest BCUT2D eigenvalue weighted by atomic mass is 16.6. The number of carbonyl (C=O) groups excluding carboxylic acids is 7. The summed E-state index contributed by atoms with van der Waals surface area (Å²) in [6.07, 6.45) is 15.7. The molecule has 0 aliphatic rings. The number of hydrogen-bond donors (Lipinski definition) is 0. The Kier molecular flexibility index (Phi) is 37.1. The van der Waals surface area contributed by atoms with E-state index < -0.39 is 92.9 Å². The van der Waals surface area contributed by atoms with Gasteiger partial charge in [-0.25, -0.2) is 0 Å². The molecule has 0 atom stereocenters. The first-order valence-electron chi connectivity index (χ1n) is 24.9. The SMILES string of the molecule is CCCCC(CCCC)COC(=O)CC(=O)OCC(COC(=O)CCCN(C)C)(COC(=O)CC(=O)OCC(CCCC)CCCC)COC(=O)CC(=O)OCC(CCCC)CCCC. The maximum absolute atomic E-state index is 13.1. The van der Waals surface area contributed by atoms with Crippen molar-refractivity contribution in [3.05, 3.63) is 0 Å². The molecule has 0 saturated heterocycles. The van der Waals surface area contributed by atoms with Crippen molar-refractivity contribution in [2.45, 2.75) is 189 Å². The molecule has 0 spiro atoms. The van der Waals surface area contributed by atoms with E-state index in [1.165, 1.54) is 0 Å². The lowest BCUT2D eigenvalue weighted by molar-refractivity contribution is -0.172. The van der Waals surface area contributed by atoms with Crippen LogP contribution in [-0.2, 0) is 66.7 Å². The quantitative estimate of drug-likeness (QED) is 0.0320. The third-order valence-corrected chi connectivity index (χ3v) is 11.2. The summed E-state index contributed by atoms with van der Waals surface area (Å²) >= 11 is 0. The fourth-order valence-corrected chi connectivity index (χ4v) is 6.98. The van der Waals surface area contributed by atoms with E-state index in [9.17, 15) is 33.6 Å². The maximum atomic E-state index is 13.1. The standard InChI is InChI=1S/C50H89NO14/c1-9-15-22-40(23-16-10-2)33-59-44(53)30-47(56)63-37-50(36-62-43(52)28-21-29-51(7)8,38-64-48(57)31-45(54)60-34-41(24-17-11-3)25-18-12-4)39-65-49(58)32-46(55)61-35-42(26-19-13-5)27-20-14-6/h40-42H,9-39H2,1-8H3. The molecule has 378 valence electrons. The summed E-state index contributed by atoms with van der Waals surface area (Å²) in [5.74, 6) is -5.36. The van der Waals surface area contributed by atoms with Gasteiger partial charge < -0.3 is 38.1 Å². The van der Waals surface area contributed by atoms with Gasteiger partial charge in [0.25, 0.3) is 0 Å². The van der Waals surface area contributed by atoms with Crippen LogP contribution in [0.2, 0.25) is 0 Å². The number of nitrogens with zero attached hydrogens (tertiary/aromatic N) is 1. The number of carbonyl (C=O) groups is 7. The average molecular weight is 928 g/mol. The van der Waals surface area contributed by atoms with Crippen LogP contribution in [0.25, 0.3) is 0 Å². The van der Waals surface area contributed by atoms with Gasteiger partial charge in [-0.05, 0) is 83.3 Å². The maximum Gasteiger partial charge on any atom is 0.317 e. The first-order valence-corrected chi connectivity index (χ1v) is 24.9. The number of unbranched alkanes of at least 4 members (excludes halogenated alkanes) is 6. The van der Waals surface area contributed by atoms with Gasteiger partial charge in [0.05, 0.1) is 19.8 Å². The van der Waals surface area contributed by atoms with Gasteiger partial charge in [-0.2, -0.15) is 0 Å². The Balaban J connectivity index is 6.24. The molecule has 0 heterocycles. The first kappa shape index (κ1) is 61.2. The molecule has 0 aromatic rings. The van der Waals surface area contributed by atoms with Crippen molar-refractivity contribution in [3.8, 4) is 0 Å². The molecule has 0 fully saturated rings. The number of rotatable bonds is 42. The molecule has 15 heteroatoms. The van der Waals surface area contributed by atoms with Crippen LogP contribution in [0, 0.1) is 23.2 Å². The Morgan fingerprint density at radius 1 is 0.369 bits per heavy atom. The van der Waals surface area contributed by atoms with E-state index in [0.29, 0.717) is 13.0 Å². The zero-order valence-electron chi connectivity index (χ0n) is 41.8. The highest BCUT2D eigenvalue weighted by Crippen LogP contribution is 2.24. The zero-order chi connectivity index (χ0) is 48.7. The molecule has 0 radical (unpaired) electrons. The highest BCUT2D eigenvalue weighted by Gasteiger charge is 2.39. The Hall–Kier alpha value is -3.75. The molecule has 15 nitrogen and oxygen atoms in total. The minimum Gasteiger partial charge on any atom is -0.465 e. The second kappa shape index (κ2) is 39.4. The summed E-state index contributed by atoms with van der Waals surface area (Å²) in [6.45, 7) is 11.2. The fourth-order valence-electron chi connectivity index (χ4n) is 6.98. The lowest BCUT2D eigenvalue weighted by atomic mass is 9.92. The normalized spacial score (nSPS) is 11.5. The van der Waals surface area contributed by atoms with E-state index in [1.807, 2.05) is 19.0 Å². The van der Waals surface area contributed by atoms with E-state index in [4.69, 9.17) is 33.2 Å². The van der Waals surface area contributed by atoms with E-state index in [2.05, 4.69) is 41.5 Å². The lowest BCUT2D eigenvalue weighted by Crippen LogP contribution is -2.44. The van der Waals surface area contributed by atoms with Gasteiger partial charge >= 0.3 is 41.8 Å². The van der Waals surface area contributed by atoms with Gasteiger partial charge in [-0.15, -0.1) is 0 Å². The summed E-state index contributed by atoms with van der Waals surface area (Å²) in [5, 5.41) is 0. The summed E-state index contributed by atoms with van der Waals surface area (Å²) in [5.41, 5.74) is -1.71. The van der Waals surface area contributed by atoms with Crippen LogP contribution in [0.5, 0.6) is 0 Å². The van der Waals surface area contributed by atoms with Gasteiger partial charge in [-0.1, -0.05) is 119 Å². The number of hydrogen-bond acceptors (Lipinski definition) is 15. The van der Waals surface area contributed by atoms with Gasteiger partial charge in [0.2, 0.25) is 0 Å². The summed E-state index contributed by atoms with van der Waals surface area (Å²) in [6, 6.07) is 0. The molecule has 0 amide bonds. The van der Waals surface area contributed by atoms with Crippen LogP contribution in [-0.4, -0.2) is 114 Å². The van der Waals surface area contributed by atoms with Crippen molar-refractivity contribution < 1.29 is 66.7 Å². The second-order valence-corrected chi connectivity index (χ2v) is 18.1. The Labute approximate surface area is 391 Å². The van der Waals surface area contributed by atoms with Crippen molar-refractivity contribution in [3.63, 3.8) is 0 Å². The van der Waals surface area contributed by atoms with E-state index in [-0.39, 0.29) is 44.0 Å². The van der Waals surface area contributed by atoms with Crippen LogP contribution in [0.1, 0.15) is 189 Å². The van der Waals surface area contributed by atoms with Crippen molar-refractivity contribution in [1.82, 2.24) is 4.90 Å². The lowest BCUT2D eigenvalue weighted by Gasteiger charge is -2.31. The summed E-state index contributed by atoms with van der Waals surface area (Å²) in [7, 11) is 3.72. The Morgan fingerprint density at radius 3 is 0.862 bits per heavy atom. The van der Waals surface area contributed by atoms with Crippen molar-refractivity contribution in [2.24, 2.45) is 23.2 Å². The first-order chi connectivity index (χ1) is 31.2. The van der Waals surface area contributed by atoms with Crippen molar-refractivity contribution in [1.29, 1.82) is 0 Å². The molecule has 0 rings (SSSR count). The molecule has 0 bridgehead atoms. The third-order valence-electron chi connectivity index (χ3n) is 11.2. The third kappa shape index (κ3) is 34.3. The van der Waals surface area contributed by atoms with Crippen molar-refractivity contribution in [2.75, 3.05) is 66.9 Å². The van der Waals surface area contributed by atoms with Crippen LogP contribution in [0.4, 0.5) is 0 Å². The molecule has 0 N–H and O–H groups in total. The molecule has 0 aromatic heterocycles. The minimum atomic E-state index is -1.71. The smallest absolute Gasteiger partial charge is 0.317 e. The topological polar surface area (TPSA) is 187 Å². The minimum absolute atomic E-state index is 0.0314. The van der Waals surface area contributed by atoms with E-state index in [0.717, 1.165) is 116 Å². The molecule has 0 saturated carbocycles. The van der Waals surface area contributed by atoms with Crippen LogP contribution >= 0.6 is 0 Å². The predicted molar refractivity (Wildman–Crippen MR) is 248 cm³/mol. The fraction of sp³-hybridized carbons (Fsp3) is 0.860. The monoisotopic (exact) mass is 928 g/mol. The molecular formula is C50H89NO14. The Morgan fingerprint density at radius 2 is 0.615 bits per heavy atom. The summed E-state index contributed by atoms with van der Waals surface area (Å²) < 4.78 is 38.7. The Bertz CT molecular complexity index is 1170. The summed E-state index contributed by atoms with van der Waals surface area (Å²) in [4.78, 5) is 92.7. The van der Waals surface area contributed by atoms with Gasteiger partial charge in [-0.3, -0.25) is 33.6 Å². The molecular weight excluding hydrogens is 839 g/mol. The number of esters is 7. The highest BCUT2D eigenvalue weighted by molar-refractivity contribution is 5.92. The van der Waals surface area contributed by atoms with Gasteiger partial charge in [0, 0.05) is 6.42 Å². The average Bonchev–Trinajstić information content (AvgIpc) is 3.27. The molecule has 0 unspecified atom stereocenters. The zero-order valence-corrected chi connectivity index (χ0v) is 41.8. The van der Waals surface area contributed by atoms with E-state index >= 15 is 0 Å². The second-order valence-electron chi connectivity index (χ2n) is 18.1. The molecule has 65 heavy (non-hydrogen) atoms. The van der Waals surface area contributed by atoms with Gasteiger partial charge in [0.1, 0.15) is 51.1 Å². The molecule has 0 aliphatic heterocycles.